The van der Waals surface area contributed by atoms with Crippen molar-refractivity contribution < 1.29 is 0 Å². The van der Waals surface area contributed by atoms with Crippen LogP contribution in [0.5, 0.6) is 0 Å². The zero-order valence-corrected chi connectivity index (χ0v) is 10.8. The van der Waals surface area contributed by atoms with Crippen LogP contribution in [0.4, 0.5) is 0 Å². The molecule has 2 rings (SSSR count). The van der Waals surface area contributed by atoms with E-state index in [9.17, 15) is 0 Å². The molecule has 0 saturated carbocycles. The molecule has 4 heteroatoms. The van der Waals surface area contributed by atoms with Crippen LogP contribution < -0.4 is 5.32 Å². The smallest absolute Gasteiger partial charge is 0.0638 e. The minimum atomic E-state index is 0.286. The summed E-state index contributed by atoms with van der Waals surface area (Å²) in [5.41, 5.74) is 1.29. The Kier molecular flexibility index (Phi) is 4.68. The Bertz CT molecular complexity index is 398. The number of rotatable bonds is 3. The van der Waals surface area contributed by atoms with Crippen LogP contribution in [0.1, 0.15) is 25.3 Å². The summed E-state index contributed by atoms with van der Waals surface area (Å²) >= 11 is 0. The van der Waals surface area contributed by atoms with E-state index in [1.54, 1.807) is 0 Å². The van der Waals surface area contributed by atoms with E-state index in [0.717, 1.165) is 26.1 Å². The lowest BCUT2D eigenvalue weighted by atomic mass is 10.2. The molecule has 18 heavy (non-hydrogen) atoms. The summed E-state index contributed by atoms with van der Waals surface area (Å²) in [6.45, 7) is 5.16. The van der Waals surface area contributed by atoms with Crippen LogP contribution in [0.2, 0.25) is 0 Å². The average molecular weight is 244 g/mol. The summed E-state index contributed by atoms with van der Waals surface area (Å²) in [6, 6.07) is 7.16. The molecule has 0 aromatic carbocycles. The van der Waals surface area contributed by atoms with Crippen molar-refractivity contribution in [3.05, 3.63) is 30.1 Å². The summed E-state index contributed by atoms with van der Waals surface area (Å²) in [5, 5.41) is 12.4. The van der Waals surface area contributed by atoms with Gasteiger partial charge >= 0.3 is 0 Å². The molecule has 0 aliphatic carbocycles. The van der Waals surface area contributed by atoms with E-state index in [1.165, 1.54) is 5.56 Å². The molecule has 1 aliphatic rings. The summed E-state index contributed by atoms with van der Waals surface area (Å²) in [6.07, 6.45) is 5.38. The largest absolute Gasteiger partial charge is 0.309 e. The molecule has 1 aliphatic heterocycles. The fraction of sp³-hybridized carbons (Fsp3) is 0.571. The van der Waals surface area contributed by atoms with Crippen LogP contribution in [0.3, 0.4) is 0 Å². The van der Waals surface area contributed by atoms with Crippen LogP contribution in [0, 0.1) is 11.3 Å². The van der Waals surface area contributed by atoms with E-state index in [4.69, 9.17) is 5.26 Å². The highest BCUT2D eigenvalue weighted by Crippen LogP contribution is 2.11. The van der Waals surface area contributed by atoms with Crippen LogP contribution in [-0.2, 0) is 6.54 Å². The Morgan fingerprint density at radius 2 is 2.28 bits per heavy atom. The first-order valence-corrected chi connectivity index (χ1v) is 6.52. The van der Waals surface area contributed by atoms with Gasteiger partial charge in [-0.1, -0.05) is 0 Å². The Balaban J connectivity index is 1.97. The van der Waals surface area contributed by atoms with Crippen LogP contribution in [0.25, 0.3) is 0 Å². The van der Waals surface area contributed by atoms with Crippen LogP contribution in [0.15, 0.2) is 24.5 Å². The number of nitriles is 1. The molecule has 1 saturated heterocycles. The first-order chi connectivity index (χ1) is 8.78. The van der Waals surface area contributed by atoms with Gasteiger partial charge in [0.15, 0.2) is 0 Å². The minimum Gasteiger partial charge on any atom is -0.309 e. The highest BCUT2D eigenvalue weighted by molar-refractivity contribution is 5.09. The average Bonchev–Trinajstić information content (AvgIpc) is 2.53. The van der Waals surface area contributed by atoms with Crippen molar-refractivity contribution in [2.75, 3.05) is 13.1 Å². The van der Waals surface area contributed by atoms with E-state index in [0.29, 0.717) is 12.5 Å². The SMILES string of the molecule is CC1CCN(Cc2ccncc2)CC(CC#N)N1. The molecule has 1 N–H and O–H groups in total. The van der Waals surface area contributed by atoms with Crippen LogP contribution in [-0.4, -0.2) is 35.1 Å². The van der Waals surface area contributed by atoms with Crippen molar-refractivity contribution in [3.8, 4) is 6.07 Å². The Morgan fingerprint density at radius 3 is 3.00 bits per heavy atom. The van der Waals surface area contributed by atoms with E-state index < -0.39 is 0 Å². The highest BCUT2D eigenvalue weighted by Gasteiger charge is 2.20. The lowest BCUT2D eigenvalue weighted by molar-refractivity contribution is 0.260. The van der Waals surface area contributed by atoms with Crippen molar-refractivity contribution >= 4 is 0 Å². The van der Waals surface area contributed by atoms with Gasteiger partial charge in [0.2, 0.25) is 0 Å². The zero-order chi connectivity index (χ0) is 12.8. The second kappa shape index (κ2) is 6.48. The number of hydrogen-bond donors (Lipinski definition) is 1. The van der Waals surface area contributed by atoms with Gasteiger partial charge in [-0.25, -0.2) is 0 Å². The molecule has 1 fully saturated rings. The Hall–Kier alpha value is -1.44. The number of nitrogens with zero attached hydrogens (tertiary/aromatic N) is 3. The number of pyridine rings is 1. The van der Waals surface area contributed by atoms with Gasteiger partial charge in [0.25, 0.3) is 0 Å². The van der Waals surface area contributed by atoms with E-state index in [1.807, 2.05) is 12.4 Å². The molecular formula is C14H20N4. The molecule has 0 radical (unpaired) electrons. The summed E-state index contributed by atoms with van der Waals surface area (Å²) in [4.78, 5) is 6.46. The summed E-state index contributed by atoms with van der Waals surface area (Å²) < 4.78 is 0. The fourth-order valence-corrected chi connectivity index (χ4v) is 2.44. The van der Waals surface area contributed by atoms with Gasteiger partial charge < -0.3 is 5.32 Å². The highest BCUT2D eigenvalue weighted by atomic mass is 15.2. The van der Waals surface area contributed by atoms with E-state index in [2.05, 4.69) is 40.3 Å². The first kappa shape index (κ1) is 13.0. The third-order valence-corrected chi connectivity index (χ3v) is 3.37. The lowest BCUT2D eigenvalue weighted by Gasteiger charge is -2.23. The predicted octanol–water partition coefficient (Wildman–Crippen LogP) is 1.55. The van der Waals surface area contributed by atoms with E-state index >= 15 is 0 Å². The molecule has 96 valence electrons. The maximum atomic E-state index is 8.86. The zero-order valence-electron chi connectivity index (χ0n) is 10.8. The number of hydrogen-bond acceptors (Lipinski definition) is 4. The van der Waals surface area contributed by atoms with Gasteiger partial charge in [-0.2, -0.15) is 5.26 Å². The van der Waals surface area contributed by atoms with Crippen molar-refractivity contribution in [3.63, 3.8) is 0 Å². The van der Waals surface area contributed by atoms with Gasteiger partial charge in [0.1, 0.15) is 0 Å². The summed E-state index contributed by atoms with van der Waals surface area (Å²) in [5.74, 6) is 0. The molecule has 4 nitrogen and oxygen atoms in total. The number of nitrogens with one attached hydrogen (secondary N) is 1. The third kappa shape index (κ3) is 3.80. The van der Waals surface area contributed by atoms with Crippen molar-refractivity contribution in [1.29, 1.82) is 5.26 Å². The summed E-state index contributed by atoms with van der Waals surface area (Å²) in [7, 11) is 0. The van der Waals surface area contributed by atoms with Crippen molar-refractivity contribution in [2.45, 2.75) is 38.4 Å². The van der Waals surface area contributed by atoms with Gasteiger partial charge in [-0.05, 0) is 31.0 Å². The Morgan fingerprint density at radius 1 is 1.50 bits per heavy atom. The lowest BCUT2D eigenvalue weighted by Crippen LogP contribution is -2.39. The second-order valence-electron chi connectivity index (χ2n) is 5.01. The monoisotopic (exact) mass is 244 g/mol. The van der Waals surface area contributed by atoms with Gasteiger partial charge in [0, 0.05) is 44.1 Å². The molecule has 0 bridgehead atoms. The molecule has 2 heterocycles. The minimum absolute atomic E-state index is 0.286. The molecule has 2 atom stereocenters. The quantitative estimate of drug-likeness (QED) is 0.876. The van der Waals surface area contributed by atoms with Crippen molar-refractivity contribution in [1.82, 2.24) is 15.2 Å². The Labute approximate surface area is 109 Å². The topological polar surface area (TPSA) is 52.0 Å². The molecule has 0 amide bonds. The molecule has 1 aromatic heterocycles. The molecule has 0 spiro atoms. The van der Waals surface area contributed by atoms with Crippen molar-refractivity contribution in [2.24, 2.45) is 0 Å². The maximum Gasteiger partial charge on any atom is 0.0638 e. The second-order valence-corrected chi connectivity index (χ2v) is 5.01. The molecule has 2 unspecified atom stereocenters. The normalized spacial score (nSPS) is 25.3. The molecule has 1 aromatic rings. The number of aromatic nitrogens is 1. The van der Waals surface area contributed by atoms with Gasteiger partial charge in [-0.3, -0.25) is 9.88 Å². The molecular weight excluding hydrogens is 224 g/mol. The predicted molar refractivity (Wildman–Crippen MR) is 70.7 cm³/mol. The maximum absolute atomic E-state index is 8.86. The first-order valence-electron chi connectivity index (χ1n) is 6.52. The fourth-order valence-electron chi connectivity index (χ4n) is 2.44. The van der Waals surface area contributed by atoms with Gasteiger partial charge in [-0.15, -0.1) is 0 Å². The van der Waals surface area contributed by atoms with E-state index in [-0.39, 0.29) is 6.04 Å². The van der Waals surface area contributed by atoms with Gasteiger partial charge in [0.05, 0.1) is 12.5 Å². The standard InChI is InChI=1S/C14H20N4/c1-12-5-9-18(11-14(17-12)2-6-15)10-13-3-7-16-8-4-13/h3-4,7-8,12,14,17H,2,5,9-11H2,1H3. The third-order valence-electron chi connectivity index (χ3n) is 3.37. The van der Waals surface area contributed by atoms with Crippen LogP contribution >= 0.6 is 0 Å².